The molecule has 0 bridgehead atoms. The molecule has 2 aromatic rings. The summed E-state index contributed by atoms with van der Waals surface area (Å²) in [5, 5.41) is 6.07. The molecule has 0 saturated carbocycles. The highest BCUT2D eigenvalue weighted by Gasteiger charge is 2.27. The number of aryl methyl sites for hydroxylation is 1. The molecule has 2 heterocycles. The monoisotopic (exact) mass is 352 g/mol. The number of rotatable bonds is 3. The maximum Gasteiger partial charge on any atom is 0.323 e. The first kappa shape index (κ1) is 16.8. The van der Waals surface area contributed by atoms with Gasteiger partial charge in [0, 0.05) is 29.7 Å². The van der Waals surface area contributed by atoms with E-state index in [1.54, 1.807) is 0 Å². The van der Waals surface area contributed by atoms with Gasteiger partial charge in [-0.15, -0.1) is 0 Å². The first-order chi connectivity index (χ1) is 12.5. The number of amides is 2. The van der Waals surface area contributed by atoms with E-state index in [9.17, 15) is 4.79 Å². The maximum absolute atomic E-state index is 12.8. The molecule has 136 valence electrons. The molecule has 0 radical (unpaired) electrons. The van der Waals surface area contributed by atoms with Gasteiger partial charge in [0.15, 0.2) is 0 Å². The largest absolute Gasteiger partial charge is 0.493 e. The van der Waals surface area contributed by atoms with Crippen LogP contribution in [0.5, 0.6) is 11.5 Å². The molecular weight excluding hydrogens is 328 g/mol. The van der Waals surface area contributed by atoms with Crippen LogP contribution in [0.2, 0.25) is 0 Å². The van der Waals surface area contributed by atoms with Crippen LogP contribution in [0.1, 0.15) is 42.0 Å². The fourth-order valence-corrected chi connectivity index (χ4v) is 3.72. The Morgan fingerprint density at radius 2 is 1.85 bits per heavy atom. The van der Waals surface area contributed by atoms with E-state index >= 15 is 0 Å². The van der Waals surface area contributed by atoms with Crippen LogP contribution < -0.4 is 20.1 Å². The highest BCUT2D eigenvalue weighted by molar-refractivity contribution is 6.02. The Bertz CT molecular complexity index is 842. The molecule has 5 nitrogen and oxygen atoms in total. The van der Waals surface area contributed by atoms with E-state index < -0.39 is 0 Å². The van der Waals surface area contributed by atoms with Gasteiger partial charge in [0.05, 0.1) is 18.9 Å². The van der Waals surface area contributed by atoms with E-state index in [0.29, 0.717) is 19.1 Å². The highest BCUT2D eigenvalue weighted by atomic mass is 16.5. The first-order valence-corrected chi connectivity index (χ1v) is 9.16. The Morgan fingerprint density at radius 1 is 1.08 bits per heavy atom. The molecule has 4 rings (SSSR count). The third-order valence-electron chi connectivity index (χ3n) is 5.05. The quantitative estimate of drug-likeness (QED) is 0.846. The number of hydrogen-bond donors (Lipinski definition) is 2. The summed E-state index contributed by atoms with van der Waals surface area (Å²) < 4.78 is 11.5. The lowest BCUT2D eigenvalue weighted by molar-refractivity contribution is 0.262. The zero-order valence-electron chi connectivity index (χ0n) is 15.4. The summed E-state index contributed by atoms with van der Waals surface area (Å²) in [6, 6.07) is 7.89. The third-order valence-corrected chi connectivity index (χ3v) is 5.05. The summed E-state index contributed by atoms with van der Waals surface area (Å²) in [6.07, 6.45) is 1.63. The molecule has 2 aromatic carbocycles. The van der Waals surface area contributed by atoms with Crippen LogP contribution in [0.25, 0.3) is 0 Å². The molecule has 2 amide bonds. The topological polar surface area (TPSA) is 59.6 Å². The summed E-state index contributed by atoms with van der Waals surface area (Å²) in [6.45, 7) is 7.55. The van der Waals surface area contributed by atoms with Gasteiger partial charge in [0.2, 0.25) is 0 Å². The SMILES string of the molecule is Cc1cccc(C(C)C)c1NC(=O)Nc1c2c(cc3c1OCC3)OCC2. The molecule has 0 atom stereocenters. The van der Waals surface area contributed by atoms with E-state index in [-0.39, 0.29) is 6.03 Å². The minimum absolute atomic E-state index is 0.251. The number of ether oxygens (including phenoxy) is 2. The molecule has 0 aromatic heterocycles. The lowest BCUT2D eigenvalue weighted by atomic mass is 9.98. The number of para-hydroxylation sites is 1. The van der Waals surface area contributed by atoms with Gasteiger partial charge in [0.25, 0.3) is 0 Å². The van der Waals surface area contributed by atoms with Crippen molar-refractivity contribution < 1.29 is 14.3 Å². The standard InChI is InChI=1S/C21H24N2O3/c1-12(2)15-6-4-5-13(3)18(15)22-21(24)23-19-16-8-10-25-17(16)11-14-7-9-26-20(14)19/h4-6,11-12H,7-10H2,1-3H3,(H2,22,23,24). The van der Waals surface area contributed by atoms with Crippen molar-refractivity contribution >= 4 is 17.4 Å². The molecule has 0 aliphatic carbocycles. The molecule has 2 aliphatic rings. The predicted octanol–water partition coefficient (Wildman–Crippen LogP) is 4.63. The Morgan fingerprint density at radius 3 is 2.65 bits per heavy atom. The van der Waals surface area contributed by atoms with Crippen LogP contribution in [0, 0.1) is 6.92 Å². The number of carbonyl (C=O) groups is 1. The van der Waals surface area contributed by atoms with Gasteiger partial charge in [-0.05, 0) is 30.0 Å². The van der Waals surface area contributed by atoms with Crippen LogP contribution in [0.3, 0.4) is 0 Å². The second kappa shape index (κ2) is 6.56. The van der Waals surface area contributed by atoms with E-state index in [1.807, 2.05) is 25.1 Å². The third kappa shape index (κ3) is 2.87. The van der Waals surface area contributed by atoms with E-state index in [0.717, 1.165) is 58.0 Å². The summed E-state index contributed by atoms with van der Waals surface area (Å²) in [4.78, 5) is 12.8. The fraction of sp³-hybridized carbons (Fsp3) is 0.381. The fourth-order valence-electron chi connectivity index (χ4n) is 3.72. The van der Waals surface area contributed by atoms with E-state index in [2.05, 4.69) is 30.5 Å². The number of benzene rings is 2. The minimum atomic E-state index is -0.251. The molecule has 2 aliphatic heterocycles. The second-order valence-electron chi connectivity index (χ2n) is 7.19. The molecule has 0 unspecified atom stereocenters. The molecule has 0 saturated heterocycles. The van der Waals surface area contributed by atoms with Gasteiger partial charge in [-0.3, -0.25) is 0 Å². The Balaban J connectivity index is 1.63. The normalized spacial score (nSPS) is 14.5. The molecular formula is C21H24N2O3. The van der Waals surface area contributed by atoms with Gasteiger partial charge >= 0.3 is 6.03 Å². The van der Waals surface area contributed by atoms with Crippen molar-refractivity contribution in [1.29, 1.82) is 0 Å². The molecule has 26 heavy (non-hydrogen) atoms. The average molecular weight is 352 g/mol. The van der Waals surface area contributed by atoms with Crippen LogP contribution in [0.15, 0.2) is 24.3 Å². The van der Waals surface area contributed by atoms with Gasteiger partial charge in [-0.25, -0.2) is 4.79 Å². The van der Waals surface area contributed by atoms with Crippen molar-refractivity contribution in [1.82, 2.24) is 0 Å². The van der Waals surface area contributed by atoms with Crippen molar-refractivity contribution in [3.63, 3.8) is 0 Å². The number of anilines is 2. The Labute approximate surface area is 153 Å². The van der Waals surface area contributed by atoms with E-state index in [4.69, 9.17) is 9.47 Å². The maximum atomic E-state index is 12.8. The summed E-state index contributed by atoms with van der Waals surface area (Å²) in [5.74, 6) is 1.98. The first-order valence-electron chi connectivity index (χ1n) is 9.16. The number of carbonyl (C=O) groups excluding carboxylic acids is 1. The van der Waals surface area contributed by atoms with Crippen molar-refractivity contribution in [2.24, 2.45) is 0 Å². The molecule has 5 heteroatoms. The van der Waals surface area contributed by atoms with Crippen LogP contribution in [-0.2, 0) is 12.8 Å². The lowest BCUT2D eigenvalue weighted by Gasteiger charge is -2.18. The van der Waals surface area contributed by atoms with Crippen molar-refractivity contribution in [2.45, 2.75) is 39.5 Å². The van der Waals surface area contributed by atoms with Crippen molar-refractivity contribution in [3.05, 3.63) is 46.5 Å². The zero-order chi connectivity index (χ0) is 18.3. The Hall–Kier alpha value is -2.69. The van der Waals surface area contributed by atoms with Crippen LogP contribution in [-0.4, -0.2) is 19.2 Å². The number of urea groups is 1. The van der Waals surface area contributed by atoms with Gasteiger partial charge in [0.1, 0.15) is 11.5 Å². The summed E-state index contributed by atoms with van der Waals surface area (Å²) >= 11 is 0. The van der Waals surface area contributed by atoms with Crippen molar-refractivity contribution in [3.8, 4) is 11.5 Å². The zero-order valence-corrected chi connectivity index (χ0v) is 15.4. The lowest BCUT2D eigenvalue weighted by Crippen LogP contribution is -2.22. The summed E-state index contributed by atoms with van der Waals surface area (Å²) in [7, 11) is 0. The summed E-state index contributed by atoms with van der Waals surface area (Å²) in [5.41, 5.74) is 5.93. The smallest absolute Gasteiger partial charge is 0.323 e. The molecule has 2 N–H and O–H groups in total. The van der Waals surface area contributed by atoms with Crippen LogP contribution in [0.4, 0.5) is 16.2 Å². The van der Waals surface area contributed by atoms with E-state index in [1.165, 1.54) is 0 Å². The Kier molecular flexibility index (Phi) is 4.23. The molecule has 0 spiro atoms. The van der Waals surface area contributed by atoms with Gasteiger partial charge in [-0.1, -0.05) is 32.0 Å². The second-order valence-corrected chi connectivity index (χ2v) is 7.19. The molecule has 0 fully saturated rings. The van der Waals surface area contributed by atoms with Gasteiger partial charge in [-0.2, -0.15) is 0 Å². The minimum Gasteiger partial charge on any atom is -0.493 e. The van der Waals surface area contributed by atoms with Crippen molar-refractivity contribution in [2.75, 3.05) is 23.8 Å². The van der Waals surface area contributed by atoms with Gasteiger partial charge < -0.3 is 20.1 Å². The number of nitrogens with one attached hydrogen (secondary N) is 2. The number of fused-ring (bicyclic) bond motifs is 2. The average Bonchev–Trinajstić information content (AvgIpc) is 3.25. The van der Waals surface area contributed by atoms with Crippen LogP contribution >= 0.6 is 0 Å². The predicted molar refractivity (Wildman–Crippen MR) is 103 cm³/mol. The number of hydrogen-bond acceptors (Lipinski definition) is 3. The highest BCUT2D eigenvalue weighted by Crippen LogP contribution is 2.44.